The Balaban J connectivity index is 1.10. The van der Waals surface area contributed by atoms with Gasteiger partial charge in [-0.25, -0.2) is 4.79 Å². The molecular weight excluding hydrogens is 544 g/mol. The van der Waals surface area contributed by atoms with E-state index in [9.17, 15) is 14.4 Å². The summed E-state index contributed by atoms with van der Waals surface area (Å²) in [5.74, 6) is 0.323. The highest BCUT2D eigenvalue weighted by Crippen LogP contribution is 2.39. The number of nitrogens with zero attached hydrogens (tertiary/aromatic N) is 4. The van der Waals surface area contributed by atoms with Crippen LogP contribution in [0.3, 0.4) is 0 Å². The highest BCUT2D eigenvalue weighted by atomic mass is 16.6. The van der Waals surface area contributed by atoms with Crippen LogP contribution in [-0.4, -0.2) is 83.1 Å². The van der Waals surface area contributed by atoms with Crippen LogP contribution in [0.25, 0.3) is 5.57 Å². The molecule has 3 amide bonds. The number of anilines is 1. The van der Waals surface area contributed by atoms with E-state index in [1.54, 1.807) is 29.2 Å². The molecular formula is C33H42N6O4. The van der Waals surface area contributed by atoms with E-state index < -0.39 is 5.60 Å². The minimum Gasteiger partial charge on any atom is -0.444 e. The number of amides is 3. The number of piperazine rings is 1. The van der Waals surface area contributed by atoms with Crippen LogP contribution in [0.15, 0.2) is 48.8 Å². The molecule has 1 saturated heterocycles. The third-order valence-electron chi connectivity index (χ3n) is 8.85. The van der Waals surface area contributed by atoms with Gasteiger partial charge in [-0.3, -0.25) is 19.5 Å². The largest absolute Gasteiger partial charge is 0.444 e. The summed E-state index contributed by atoms with van der Waals surface area (Å²) in [6.07, 6.45) is 7.55. The first kappa shape index (κ1) is 29.2. The van der Waals surface area contributed by atoms with Crippen molar-refractivity contribution in [1.82, 2.24) is 20.1 Å². The molecule has 2 aliphatic carbocycles. The van der Waals surface area contributed by atoms with Crippen molar-refractivity contribution in [1.29, 1.82) is 0 Å². The van der Waals surface area contributed by atoms with Gasteiger partial charge in [0.2, 0.25) is 0 Å². The predicted octanol–water partition coefficient (Wildman–Crippen LogP) is 3.88. The molecule has 228 valence electrons. The van der Waals surface area contributed by atoms with Crippen LogP contribution in [0.5, 0.6) is 0 Å². The molecule has 0 bridgehead atoms. The Bertz CT molecular complexity index is 1380. The average Bonchev–Trinajstić information content (AvgIpc) is 3.79. The van der Waals surface area contributed by atoms with E-state index in [2.05, 4.69) is 22.5 Å². The molecule has 3 N–H and O–H groups in total. The normalized spacial score (nSPS) is 23.2. The average molecular weight is 587 g/mol. The molecule has 4 aliphatic rings. The molecule has 3 heterocycles. The summed E-state index contributed by atoms with van der Waals surface area (Å²) >= 11 is 0. The van der Waals surface area contributed by atoms with Gasteiger partial charge in [-0.05, 0) is 82.6 Å². The predicted molar refractivity (Wildman–Crippen MR) is 164 cm³/mol. The highest BCUT2D eigenvalue weighted by molar-refractivity contribution is 6.21. The Morgan fingerprint density at radius 3 is 2.30 bits per heavy atom. The molecule has 6 rings (SSSR count). The maximum Gasteiger partial charge on any atom is 0.410 e. The maximum atomic E-state index is 12.8. The monoisotopic (exact) mass is 586 g/mol. The molecule has 10 nitrogen and oxygen atoms in total. The summed E-state index contributed by atoms with van der Waals surface area (Å²) < 4.78 is 5.57. The molecule has 2 saturated carbocycles. The number of nitrogens with two attached hydrogens (primary N) is 1. The zero-order valence-corrected chi connectivity index (χ0v) is 25.3. The highest BCUT2D eigenvalue weighted by Gasteiger charge is 2.40. The third-order valence-corrected chi connectivity index (χ3v) is 8.85. The SMILES string of the molecule is CC(C)(C)OC(=O)N1CCN(c2cccnc2/C(=C/NC2CC(CN3C(=O)c4ccccc4C3=O)C2)C(N)C2CC2)CC1. The summed E-state index contributed by atoms with van der Waals surface area (Å²) in [5.41, 5.74) is 10.2. The summed E-state index contributed by atoms with van der Waals surface area (Å²) in [7, 11) is 0. The van der Waals surface area contributed by atoms with E-state index >= 15 is 0 Å². The third kappa shape index (κ3) is 6.25. The molecule has 0 spiro atoms. The Morgan fingerprint density at radius 1 is 1.05 bits per heavy atom. The van der Waals surface area contributed by atoms with Crippen LogP contribution >= 0.6 is 0 Å². The van der Waals surface area contributed by atoms with E-state index in [0.29, 0.717) is 49.8 Å². The standard InChI is InChI=1S/C33H42N6O4/c1-33(2,3)43-32(42)38-15-13-37(14-16-38)27-9-6-12-35-29(27)26(28(34)22-10-11-22)19-36-23-17-21(18-23)20-39-30(40)24-7-4-5-8-25(24)31(39)41/h4-9,12,19,21-23,28,36H,10-11,13-18,20,34H2,1-3H3/b26-19+. The van der Waals surface area contributed by atoms with Crippen LogP contribution < -0.4 is 16.0 Å². The second-order valence-electron chi connectivity index (χ2n) is 13.3. The van der Waals surface area contributed by atoms with Gasteiger partial charge in [-0.2, -0.15) is 0 Å². The van der Waals surface area contributed by atoms with Gasteiger partial charge < -0.3 is 25.6 Å². The molecule has 2 aliphatic heterocycles. The quantitative estimate of drug-likeness (QED) is 0.447. The van der Waals surface area contributed by atoms with Crippen molar-refractivity contribution in [3.8, 4) is 0 Å². The van der Waals surface area contributed by atoms with Gasteiger partial charge in [0, 0.05) is 62.8 Å². The summed E-state index contributed by atoms with van der Waals surface area (Å²) in [4.78, 5) is 48.4. The summed E-state index contributed by atoms with van der Waals surface area (Å²) in [6.45, 7) is 8.60. The minimum absolute atomic E-state index is 0.126. The molecule has 1 aromatic carbocycles. The lowest BCUT2D eigenvalue weighted by atomic mass is 9.80. The lowest BCUT2D eigenvalue weighted by molar-refractivity contribution is 0.0240. The van der Waals surface area contributed by atoms with Crippen molar-refractivity contribution in [2.45, 2.75) is 64.1 Å². The number of pyridine rings is 1. The van der Waals surface area contributed by atoms with E-state index in [4.69, 9.17) is 15.5 Å². The van der Waals surface area contributed by atoms with Gasteiger partial charge >= 0.3 is 6.09 Å². The molecule has 1 unspecified atom stereocenters. The van der Waals surface area contributed by atoms with Crippen LogP contribution in [0.2, 0.25) is 0 Å². The van der Waals surface area contributed by atoms with Gasteiger partial charge in [0.1, 0.15) is 5.60 Å². The topological polar surface area (TPSA) is 121 Å². The summed E-state index contributed by atoms with van der Waals surface area (Å²) in [6, 6.07) is 11.2. The van der Waals surface area contributed by atoms with Crippen LogP contribution in [0, 0.1) is 11.8 Å². The fourth-order valence-electron chi connectivity index (χ4n) is 6.25. The fourth-order valence-corrected chi connectivity index (χ4v) is 6.25. The van der Waals surface area contributed by atoms with E-state index in [1.807, 2.05) is 33.0 Å². The maximum absolute atomic E-state index is 12.8. The van der Waals surface area contributed by atoms with E-state index in [-0.39, 0.29) is 35.9 Å². The van der Waals surface area contributed by atoms with Gasteiger partial charge in [-0.15, -0.1) is 0 Å². The Kier molecular flexibility index (Phi) is 7.89. The van der Waals surface area contributed by atoms with Crippen molar-refractivity contribution in [2.75, 3.05) is 37.6 Å². The van der Waals surface area contributed by atoms with Crippen molar-refractivity contribution >= 4 is 29.2 Å². The zero-order chi connectivity index (χ0) is 30.3. The van der Waals surface area contributed by atoms with E-state index in [0.717, 1.165) is 42.6 Å². The second kappa shape index (κ2) is 11.6. The molecule has 1 aromatic heterocycles. The minimum atomic E-state index is -0.522. The molecule has 1 atom stereocenters. The second-order valence-corrected chi connectivity index (χ2v) is 13.3. The number of carbonyl (C=O) groups is 3. The van der Waals surface area contributed by atoms with Crippen molar-refractivity contribution in [3.05, 3.63) is 65.6 Å². The lowest BCUT2D eigenvalue weighted by Gasteiger charge is -2.38. The number of benzene rings is 1. The molecule has 0 radical (unpaired) electrons. The molecule has 2 aromatic rings. The fraction of sp³-hybridized carbons (Fsp3) is 0.515. The van der Waals surface area contributed by atoms with Crippen molar-refractivity contribution in [2.24, 2.45) is 17.6 Å². The number of rotatable bonds is 8. The van der Waals surface area contributed by atoms with Crippen molar-refractivity contribution in [3.63, 3.8) is 0 Å². The van der Waals surface area contributed by atoms with Gasteiger partial charge in [0.15, 0.2) is 0 Å². The number of carbonyl (C=O) groups excluding carboxylic acids is 3. The number of hydrogen-bond donors (Lipinski definition) is 2. The number of hydrogen-bond acceptors (Lipinski definition) is 8. The van der Waals surface area contributed by atoms with Crippen LogP contribution in [0.1, 0.15) is 72.9 Å². The Labute approximate surface area is 253 Å². The number of ether oxygens (including phenoxy) is 1. The number of imide groups is 1. The van der Waals surface area contributed by atoms with Crippen molar-refractivity contribution < 1.29 is 19.1 Å². The van der Waals surface area contributed by atoms with Gasteiger partial charge in [0.05, 0.1) is 22.5 Å². The number of fused-ring (bicyclic) bond motifs is 1. The zero-order valence-electron chi connectivity index (χ0n) is 25.3. The van der Waals surface area contributed by atoms with Crippen LogP contribution in [-0.2, 0) is 4.74 Å². The smallest absolute Gasteiger partial charge is 0.410 e. The summed E-state index contributed by atoms with van der Waals surface area (Å²) in [5, 5.41) is 3.59. The number of nitrogens with one attached hydrogen (secondary N) is 1. The first-order valence-electron chi connectivity index (χ1n) is 15.4. The lowest BCUT2D eigenvalue weighted by Crippen LogP contribution is -2.50. The molecule has 10 heteroatoms. The molecule has 43 heavy (non-hydrogen) atoms. The Morgan fingerprint density at radius 2 is 1.70 bits per heavy atom. The Hall–Kier alpha value is -3.92. The van der Waals surface area contributed by atoms with Crippen LogP contribution in [0.4, 0.5) is 10.5 Å². The first-order valence-corrected chi connectivity index (χ1v) is 15.4. The van der Waals surface area contributed by atoms with E-state index in [1.165, 1.54) is 4.90 Å². The van der Waals surface area contributed by atoms with Gasteiger partial charge in [-0.1, -0.05) is 12.1 Å². The number of aromatic nitrogens is 1. The first-order chi connectivity index (χ1) is 20.6. The van der Waals surface area contributed by atoms with Gasteiger partial charge in [0.25, 0.3) is 11.8 Å². The molecule has 3 fully saturated rings.